The Hall–Kier alpha value is -2.57. The van der Waals surface area contributed by atoms with Crippen molar-refractivity contribution in [3.63, 3.8) is 0 Å². The highest BCUT2D eigenvalue weighted by Crippen LogP contribution is 2.21. The number of nitrogens with one attached hydrogen (secondary N) is 1. The van der Waals surface area contributed by atoms with Gasteiger partial charge in [-0.15, -0.1) is 11.8 Å². The quantitative estimate of drug-likeness (QED) is 0.303. The van der Waals surface area contributed by atoms with Crippen LogP contribution in [0.4, 0.5) is 0 Å². The summed E-state index contributed by atoms with van der Waals surface area (Å²) in [4.78, 5) is 29.0. The van der Waals surface area contributed by atoms with Crippen LogP contribution in [-0.2, 0) is 28.3 Å². The van der Waals surface area contributed by atoms with Crippen LogP contribution in [0.5, 0.6) is 0 Å². The van der Waals surface area contributed by atoms with Crippen LogP contribution >= 0.6 is 27.7 Å². The minimum atomic E-state index is -0.627. The number of amides is 2. The number of aryl methyl sites for hydroxylation is 1. The summed E-state index contributed by atoms with van der Waals surface area (Å²) in [6, 6.07) is 25.5. The first-order valence-electron chi connectivity index (χ1n) is 12.1. The van der Waals surface area contributed by atoms with Gasteiger partial charge in [-0.3, -0.25) is 9.59 Å². The molecule has 0 fully saturated rings. The van der Waals surface area contributed by atoms with Gasteiger partial charge in [0.1, 0.15) is 6.04 Å². The molecule has 3 aromatic carbocycles. The minimum Gasteiger partial charge on any atom is -0.350 e. The molecular formula is C30H35BrN2O2S. The molecule has 0 radical (unpaired) electrons. The summed E-state index contributed by atoms with van der Waals surface area (Å²) >= 11 is 5.12. The molecule has 1 atom stereocenters. The normalized spacial score (nSPS) is 12.1. The second kappa shape index (κ2) is 13.1. The lowest BCUT2D eigenvalue weighted by molar-refractivity contribution is -0.140. The van der Waals surface area contributed by atoms with E-state index in [1.165, 1.54) is 11.1 Å². The monoisotopic (exact) mass is 566 g/mol. The third kappa shape index (κ3) is 9.14. The molecule has 0 heterocycles. The summed E-state index contributed by atoms with van der Waals surface area (Å²) < 4.78 is 0.944. The number of hydrogen-bond acceptors (Lipinski definition) is 3. The standard InChI is InChI=1S/C30H35BrN2O2S/c1-22-10-8-14-25(16-22)20-36-21-28(34)33(19-24-13-9-15-26(31)17-24)27(29(35)32-30(2,3)4)18-23-11-6-5-7-12-23/h5-17,27H,18-21H2,1-4H3,(H,32,35)/t27-/m1/s1. The molecule has 0 aliphatic rings. The molecule has 3 aromatic rings. The van der Waals surface area contributed by atoms with E-state index in [2.05, 4.69) is 46.4 Å². The number of benzene rings is 3. The Kier molecular flexibility index (Phi) is 10.2. The number of carbonyl (C=O) groups excluding carboxylic acids is 2. The van der Waals surface area contributed by atoms with Crippen molar-refractivity contribution in [2.75, 3.05) is 5.75 Å². The topological polar surface area (TPSA) is 49.4 Å². The predicted octanol–water partition coefficient (Wildman–Crippen LogP) is 6.55. The van der Waals surface area contributed by atoms with Crippen molar-refractivity contribution in [2.45, 2.75) is 58.0 Å². The van der Waals surface area contributed by atoms with Crippen molar-refractivity contribution in [1.29, 1.82) is 0 Å². The molecule has 0 saturated carbocycles. The number of halogens is 1. The third-order valence-electron chi connectivity index (χ3n) is 5.59. The first-order valence-corrected chi connectivity index (χ1v) is 14.1. The lowest BCUT2D eigenvalue weighted by Crippen LogP contribution is -2.54. The number of nitrogens with zero attached hydrogens (tertiary/aromatic N) is 1. The average molecular weight is 568 g/mol. The van der Waals surface area contributed by atoms with Crippen LogP contribution in [0.2, 0.25) is 0 Å². The molecular weight excluding hydrogens is 532 g/mol. The van der Waals surface area contributed by atoms with Crippen LogP contribution in [-0.4, -0.2) is 34.0 Å². The predicted molar refractivity (Wildman–Crippen MR) is 154 cm³/mol. The van der Waals surface area contributed by atoms with Crippen molar-refractivity contribution in [2.24, 2.45) is 0 Å². The lowest BCUT2D eigenvalue weighted by atomic mass is 10.0. The summed E-state index contributed by atoms with van der Waals surface area (Å²) in [7, 11) is 0. The van der Waals surface area contributed by atoms with Crippen LogP contribution in [0.25, 0.3) is 0 Å². The highest BCUT2D eigenvalue weighted by Gasteiger charge is 2.32. The van der Waals surface area contributed by atoms with Gasteiger partial charge < -0.3 is 10.2 Å². The fraction of sp³-hybridized carbons (Fsp3) is 0.333. The van der Waals surface area contributed by atoms with Gasteiger partial charge in [0, 0.05) is 28.7 Å². The Labute approximate surface area is 228 Å². The zero-order chi connectivity index (χ0) is 26.1. The van der Waals surface area contributed by atoms with Crippen LogP contribution < -0.4 is 5.32 Å². The Morgan fingerprint density at radius 2 is 1.58 bits per heavy atom. The first-order chi connectivity index (χ1) is 17.1. The summed E-state index contributed by atoms with van der Waals surface area (Å²) in [6.45, 7) is 8.31. The number of hydrogen-bond donors (Lipinski definition) is 1. The minimum absolute atomic E-state index is 0.0439. The maximum absolute atomic E-state index is 13.7. The molecule has 3 rings (SSSR count). The fourth-order valence-electron chi connectivity index (χ4n) is 3.98. The van der Waals surface area contributed by atoms with Gasteiger partial charge in [-0.1, -0.05) is 88.2 Å². The van der Waals surface area contributed by atoms with Gasteiger partial charge in [0.25, 0.3) is 0 Å². The number of carbonyl (C=O) groups is 2. The van der Waals surface area contributed by atoms with Crippen LogP contribution in [0, 0.1) is 6.92 Å². The Morgan fingerprint density at radius 3 is 2.25 bits per heavy atom. The molecule has 6 heteroatoms. The van der Waals surface area contributed by atoms with E-state index in [0.29, 0.717) is 18.7 Å². The van der Waals surface area contributed by atoms with E-state index >= 15 is 0 Å². The number of thioether (sulfide) groups is 1. The molecule has 190 valence electrons. The van der Waals surface area contributed by atoms with E-state index in [1.807, 2.05) is 81.4 Å². The summed E-state index contributed by atoms with van der Waals surface area (Å²) in [5.74, 6) is 0.863. The average Bonchev–Trinajstić information content (AvgIpc) is 2.81. The van der Waals surface area contributed by atoms with Gasteiger partial charge in [0.2, 0.25) is 11.8 Å². The van der Waals surface area contributed by atoms with Gasteiger partial charge in [-0.2, -0.15) is 0 Å². The van der Waals surface area contributed by atoms with E-state index < -0.39 is 11.6 Å². The highest BCUT2D eigenvalue weighted by atomic mass is 79.9. The van der Waals surface area contributed by atoms with Crippen molar-refractivity contribution in [1.82, 2.24) is 10.2 Å². The molecule has 2 amide bonds. The van der Waals surface area contributed by atoms with Gasteiger partial charge in [-0.05, 0) is 56.5 Å². The van der Waals surface area contributed by atoms with Crippen molar-refractivity contribution >= 4 is 39.5 Å². The molecule has 4 nitrogen and oxygen atoms in total. The molecule has 0 aliphatic carbocycles. The largest absolute Gasteiger partial charge is 0.350 e. The van der Waals surface area contributed by atoms with Crippen molar-refractivity contribution < 1.29 is 9.59 Å². The third-order valence-corrected chi connectivity index (χ3v) is 7.07. The second-order valence-electron chi connectivity index (χ2n) is 10.1. The Morgan fingerprint density at radius 1 is 0.917 bits per heavy atom. The SMILES string of the molecule is Cc1cccc(CSCC(=O)N(Cc2cccc(Br)c2)[C@H](Cc2ccccc2)C(=O)NC(C)(C)C)c1. The zero-order valence-electron chi connectivity index (χ0n) is 21.5. The summed E-state index contributed by atoms with van der Waals surface area (Å²) in [6.07, 6.45) is 0.449. The first kappa shape index (κ1) is 28.0. The zero-order valence-corrected chi connectivity index (χ0v) is 23.9. The molecule has 0 spiro atoms. The van der Waals surface area contributed by atoms with Crippen molar-refractivity contribution in [3.8, 4) is 0 Å². The molecule has 0 aromatic heterocycles. The van der Waals surface area contributed by atoms with Gasteiger partial charge in [0.05, 0.1) is 5.75 Å². The maximum atomic E-state index is 13.7. The highest BCUT2D eigenvalue weighted by molar-refractivity contribution is 9.10. The lowest BCUT2D eigenvalue weighted by Gasteiger charge is -2.34. The van der Waals surface area contributed by atoms with E-state index in [0.717, 1.165) is 21.4 Å². The van der Waals surface area contributed by atoms with Gasteiger partial charge >= 0.3 is 0 Å². The Bertz CT molecular complexity index is 1160. The van der Waals surface area contributed by atoms with E-state index in [1.54, 1.807) is 16.7 Å². The molecule has 0 saturated heterocycles. The number of rotatable bonds is 10. The van der Waals surface area contributed by atoms with E-state index in [9.17, 15) is 9.59 Å². The molecule has 36 heavy (non-hydrogen) atoms. The van der Waals surface area contributed by atoms with Crippen LogP contribution in [0.3, 0.4) is 0 Å². The van der Waals surface area contributed by atoms with E-state index in [-0.39, 0.29) is 11.8 Å². The Balaban J connectivity index is 1.87. The fourth-order valence-corrected chi connectivity index (χ4v) is 5.28. The smallest absolute Gasteiger partial charge is 0.243 e. The van der Waals surface area contributed by atoms with E-state index in [4.69, 9.17) is 0 Å². The molecule has 0 aliphatic heterocycles. The summed E-state index contributed by atoms with van der Waals surface area (Å²) in [5, 5.41) is 3.11. The van der Waals surface area contributed by atoms with Gasteiger partial charge in [-0.25, -0.2) is 0 Å². The van der Waals surface area contributed by atoms with Crippen LogP contribution in [0.1, 0.15) is 43.0 Å². The molecule has 0 unspecified atom stereocenters. The van der Waals surface area contributed by atoms with Crippen LogP contribution in [0.15, 0.2) is 83.3 Å². The molecule has 1 N–H and O–H groups in total. The van der Waals surface area contributed by atoms with Gasteiger partial charge in [0.15, 0.2) is 0 Å². The second-order valence-corrected chi connectivity index (χ2v) is 12.0. The molecule has 0 bridgehead atoms. The summed E-state index contributed by atoms with van der Waals surface area (Å²) in [5.41, 5.74) is 3.99. The van der Waals surface area contributed by atoms with Crippen molar-refractivity contribution in [3.05, 3.63) is 106 Å². The maximum Gasteiger partial charge on any atom is 0.243 e.